The Morgan fingerprint density at radius 1 is 1.17 bits per heavy atom. The summed E-state index contributed by atoms with van der Waals surface area (Å²) in [6, 6.07) is 11.0. The van der Waals surface area contributed by atoms with E-state index in [9.17, 15) is 0 Å². The SMILES string of the molecule is CN(CCCCCO)C(CCN)c1ccccc1. The van der Waals surface area contributed by atoms with Crippen molar-refractivity contribution in [3.63, 3.8) is 0 Å². The van der Waals surface area contributed by atoms with Crippen molar-refractivity contribution in [2.24, 2.45) is 5.73 Å². The maximum atomic E-state index is 8.77. The van der Waals surface area contributed by atoms with Crippen LogP contribution in [0, 0.1) is 0 Å². The Hall–Kier alpha value is -0.900. The van der Waals surface area contributed by atoms with Gasteiger partial charge in [-0.3, -0.25) is 4.90 Å². The van der Waals surface area contributed by atoms with E-state index in [1.807, 2.05) is 6.07 Å². The van der Waals surface area contributed by atoms with E-state index in [4.69, 9.17) is 10.8 Å². The number of aliphatic hydroxyl groups is 1. The Balaban J connectivity index is 2.50. The minimum Gasteiger partial charge on any atom is -0.396 e. The molecule has 0 aliphatic rings. The number of hydrogen-bond donors (Lipinski definition) is 2. The van der Waals surface area contributed by atoms with Gasteiger partial charge in [-0.1, -0.05) is 30.3 Å². The summed E-state index contributed by atoms with van der Waals surface area (Å²) in [6.45, 7) is 2.06. The lowest BCUT2D eigenvalue weighted by Crippen LogP contribution is -2.27. The van der Waals surface area contributed by atoms with Crippen LogP contribution in [0.2, 0.25) is 0 Å². The molecule has 1 atom stereocenters. The number of nitrogens with zero attached hydrogens (tertiary/aromatic N) is 1. The monoisotopic (exact) mass is 250 g/mol. The Labute approximate surface area is 111 Å². The zero-order valence-electron chi connectivity index (χ0n) is 11.4. The number of unbranched alkanes of at least 4 members (excludes halogenated alkanes) is 2. The third kappa shape index (κ3) is 5.17. The normalized spacial score (nSPS) is 12.9. The van der Waals surface area contributed by atoms with Crippen LogP contribution in [0.15, 0.2) is 30.3 Å². The summed E-state index contributed by atoms with van der Waals surface area (Å²) >= 11 is 0. The van der Waals surface area contributed by atoms with Crippen LogP contribution in [-0.4, -0.2) is 36.8 Å². The van der Waals surface area contributed by atoms with Gasteiger partial charge in [-0.05, 0) is 51.4 Å². The highest BCUT2D eigenvalue weighted by atomic mass is 16.2. The molecule has 3 N–H and O–H groups in total. The van der Waals surface area contributed by atoms with E-state index in [1.54, 1.807) is 0 Å². The first-order chi connectivity index (χ1) is 8.79. The topological polar surface area (TPSA) is 49.5 Å². The van der Waals surface area contributed by atoms with Crippen molar-refractivity contribution >= 4 is 0 Å². The van der Waals surface area contributed by atoms with E-state index in [0.29, 0.717) is 19.2 Å². The van der Waals surface area contributed by atoms with Crippen LogP contribution in [0.4, 0.5) is 0 Å². The minimum atomic E-state index is 0.300. The van der Waals surface area contributed by atoms with Crippen molar-refractivity contribution in [3.05, 3.63) is 35.9 Å². The molecule has 0 radical (unpaired) electrons. The molecule has 0 aromatic heterocycles. The molecule has 0 fully saturated rings. The zero-order chi connectivity index (χ0) is 13.2. The molecule has 3 nitrogen and oxygen atoms in total. The predicted molar refractivity (Wildman–Crippen MR) is 76.4 cm³/mol. The molecule has 0 amide bonds. The van der Waals surface area contributed by atoms with Crippen molar-refractivity contribution in [3.8, 4) is 0 Å². The van der Waals surface area contributed by atoms with E-state index in [0.717, 1.165) is 32.2 Å². The van der Waals surface area contributed by atoms with Gasteiger partial charge in [-0.15, -0.1) is 0 Å². The van der Waals surface area contributed by atoms with Gasteiger partial charge in [0, 0.05) is 12.6 Å². The molecule has 1 unspecified atom stereocenters. The molecule has 0 bridgehead atoms. The first-order valence-electron chi connectivity index (χ1n) is 6.85. The average molecular weight is 250 g/mol. The molecule has 0 aliphatic carbocycles. The van der Waals surface area contributed by atoms with E-state index in [-0.39, 0.29) is 0 Å². The summed E-state index contributed by atoms with van der Waals surface area (Å²) in [5, 5.41) is 8.77. The molecule has 0 heterocycles. The highest BCUT2D eigenvalue weighted by molar-refractivity contribution is 5.18. The summed E-state index contributed by atoms with van der Waals surface area (Å²) in [7, 11) is 2.16. The van der Waals surface area contributed by atoms with E-state index in [1.165, 1.54) is 5.56 Å². The number of hydrogen-bond acceptors (Lipinski definition) is 3. The minimum absolute atomic E-state index is 0.300. The van der Waals surface area contributed by atoms with Gasteiger partial charge in [0.25, 0.3) is 0 Å². The number of aliphatic hydroxyl groups excluding tert-OH is 1. The van der Waals surface area contributed by atoms with Crippen molar-refractivity contribution in [2.45, 2.75) is 31.7 Å². The van der Waals surface area contributed by atoms with E-state index >= 15 is 0 Å². The molecular weight excluding hydrogens is 224 g/mol. The average Bonchev–Trinajstić information content (AvgIpc) is 2.41. The molecule has 1 rings (SSSR count). The fraction of sp³-hybridized carbons (Fsp3) is 0.600. The molecular formula is C15H26N2O. The predicted octanol–water partition coefficient (Wildman–Crippen LogP) is 2.17. The summed E-state index contributed by atoms with van der Waals surface area (Å²) in [5.74, 6) is 0. The van der Waals surface area contributed by atoms with Gasteiger partial charge >= 0.3 is 0 Å². The van der Waals surface area contributed by atoms with Gasteiger partial charge in [0.1, 0.15) is 0 Å². The second-order valence-corrected chi connectivity index (χ2v) is 4.77. The lowest BCUT2D eigenvalue weighted by Gasteiger charge is -2.28. The van der Waals surface area contributed by atoms with Crippen molar-refractivity contribution < 1.29 is 5.11 Å². The maximum absolute atomic E-state index is 8.77. The summed E-state index contributed by atoms with van der Waals surface area (Å²) in [5.41, 5.74) is 7.06. The summed E-state index contributed by atoms with van der Waals surface area (Å²) in [4.78, 5) is 2.37. The molecule has 0 aliphatic heterocycles. The van der Waals surface area contributed by atoms with Crippen molar-refractivity contribution in [2.75, 3.05) is 26.7 Å². The van der Waals surface area contributed by atoms with Crippen LogP contribution in [0.25, 0.3) is 0 Å². The standard InChI is InChI=1S/C15H26N2O/c1-17(12-6-3-7-13-18)15(10-11-16)14-8-4-2-5-9-14/h2,4-5,8-9,15,18H,3,6-7,10-13,16H2,1H3. The molecule has 0 saturated heterocycles. The van der Waals surface area contributed by atoms with Gasteiger partial charge in [-0.25, -0.2) is 0 Å². The Morgan fingerprint density at radius 2 is 1.89 bits per heavy atom. The van der Waals surface area contributed by atoms with Crippen LogP contribution in [0.3, 0.4) is 0 Å². The highest BCUT2D eigenvalue weighted by Gasteiger charge is 2.15. The molecule has 1 aromatic rings. The quantitative estimate of drug-likeness (QED) is 0.660. The first-order valence-corrected chi connectivity index (χ1v) is 6.85. The van der Waals surface area contributed by atoms with Gasteiger partial charge in [0.15, 0.2) is 0 Å². The van der Waals surface area contributed by atoms with Crippen LogP contribution < -0.4 is 5.73 Å². The molecule has 1 aromatic carbocycles. The molecule has 3 heteroatoms. The maximum Gasteiger partial charge on any atom is 0.0431 e. The van der Waals surface area contributed by atoms with Crippen LogP contribution >= 0.6 is 0 Å². The summed E-state index contributed by atoms with van der Waals surface area (Å²) in [6.07, 6.45) is 4.11. The zero-order valence-corrected chi connectivity index (χ0v) is 11.4. The largest absolute Gasteiger partial charge is 0.396 e. The van der Waals surface area contributed by atoms with Gasteiger partial charge < -0.3 is 10.8 Å². The second-order valence-electron chi connectivity index (χ2n) is 4.77. The number of nitrogens with two attached hydrogens (primary N) is 1. The van der Waals surface area contributed by atoms with E-state index < -0.39 is 0 Å². The number of rotatable bonds is 9. The smallest absolute Gasteiger partial charge is 0.0431 e. The Kier molecular flexibility index (Phi) is 7.65. The Morgan fingerprint density at radius 3 is 2.50 bits per heavy atom. The first kappa shape index (κ1) is 15.2. The van der Waals surface area contributed by atoms with Crippen LogP contribution in [0.5, 0.6) is 0 Å². The lowest BCUT2D eigenvalue weighted by molar-refractivity contribution is 0.224. The fourth-order valence-electron chi connectivity index (χ4n) is 2.28. The third-order valence-corrected chi connectivity index (χ3v) is 3.33. The van der Waals surface area contributed by atoms with Crippen molar-refractivity contribution in [1.29, 1.82) is 0 Å². The lowest BCUT2D eigenvalue weighted by atomic mass is 10.0. The molecule has 102 valence electrons. The van der Waals surface area contributed by atoms with Crippen molar-refractivity contribution in [1.82, 2.24) is 4.90 Å². The van der Waals surface area contributed by atoms with E-state index in [2.05, 4.69) is 36.2 Å². The third-order valence-electron chi connectivity index (χ3n) is 3.33. The molecule has 18 heavy (non-hydrogen) atoms. The highest BCUT2D eigenvalue weighted by Crippen LogP contribution is 2.22. The second kappa shape index (κ2) is 9.09. The van der Waals surface area contributed by atoms with Gasteiger partial charge in [0.2, 0.25) is 0 Å². The van der Waals surface area contributed by atoms with Crippen LogP contribution in [-0.2, 0) is 0 Å². The number of benzene rings is 1. The van der Waals surface area contributed by atoms with Gasteiger partial charge in [-0.2, -0.15) is 0 Å². The fourth-order valence-corrected chi connectivity index (χ4v) is 2.28. The molecule has 0 spiro atoms. The Bertz CT molecular complexity index is 303. The summed E-state index contributed by atoms with van der Waals surface area (Å²) < 4.78 is 0. The molecule has 0 saturated carbocycles. The van der Waals surface area contributed by atoms with Crippen LogP contribution in [0.1, 0.15) is 37.3 Å². The van der Waals surface area contributed by atoms with Gasteiger partial charge in [0.05, 0.1) is 0 Å².